The van der Waals surface area contributed by atoms with Gasteiger partial charge < -0.3 is 15.4 Å². The molecule has 100 valence electrons. The summed E-state index contributed by atoms with van der Waals surface area (Å²) in [6.45, 7) is 7.11. The zero-order valence-electron chi connectivity index (χ0n) is 11.3. The molecule has 0 spiro atoms. The summed E-state index contributed by atoms with van der Waals surface area (Å²) in [4.78, 5) is 14.1. The van der Waals surface area contributed by atoms with Crippen molar-refractivity contribution >= 4 is 5.97 Å². The number of carboxylic acids is 1. The lowest BCUT2D eigenvalue weighted by molar-refractivity contribution is 0.0696. The molecule has 1 saturated carbocycles. The Morgan fingerprint density at radius 1 is 1.50 bits per heavy atom. The Bertz CT molecular complexity index is 439. The topological polar surface area (TPSA) is 65.1 Å². The minimum Gasteiger partial charge on any atom is -0.478 e. The number of rotatable bonds is 4. The molecule has 4 nitrogen and oxygen atoms in total. The first-order chi connectivity index (χ1) is 8.49. The molecule has 1 aliphatic rings. The van der Waals surface area contributed by atoms with Crippen LogP contribution in [0.2, 0.25) is 0 Å². The van der Waals surface area contributed by atoms with Crippen LogP contribution in [0.15, 0.2) is 6.07 Å². The van der Waals surface area contributed by atoms with Crippen LogP contribution in [0.25, 0.3) is 0 Å². The van der Waals surface area contributed by atoms with Crippen LogP contribution >= 0.6 is 0 Å². The van der Waals surface area contributed by atoms with Crippen LogP contribution in [-0.2, 0) is 6.54 Å². The highest BCUT2D eigenvalue weighted by atomic mass is 16.4. The Balaban J connectivity index is 1.95. The van der Waals surface area contributed by atoms with E-state index >= 15 is 0 Å². The Hall–Kier alpha value is -1.29. The number of aromatic carboxylic acids is 1. The molecule has 2 rings (SSSR count). The van der Waals surface area contributed by atoms with Crippen LogP contribution in [0.5, 0.6) is 0 Å². The van der Waals surface area contributed by atoms with Gasteiger partial charge >= 0.3 is 5.97 Å². The summed E-state index contributed by atoms with van der Waals surface area (Å²) in [5.41, 5.74) is 2.06. The maximum Gasteiger partial charge on any atom is 0.337 e. The average molecular weight is 250 g/mol. The Kier molecular flexibility index (Phi) is 3.76. The first-order valence-corrected chi connectivity index (χ1v) is 6.64. The highest BCUT2D eigenvalue weighted by Gasteiger charge is 2.29. The number of carboxylic acid groups (broad SMARTS) is 1. The largest absolute Gasteiger partial charge is 0.478 e. The smallest absolute Gasteiger partial charge is 0.337 e. The zero-order valence-corrected chi connectivity index (χ0v) is 11.3. The first-order valence-electron chi connectivity index (χ1n) is 6.64. The molecule has 1 heterocycles. The van der Waals surface area contributed by atoms with Gasteiger partial charge in [0.25, 0.3) is 0 Å². The maximum absolute atomic E-state index is 11.0. The molecule has 3 N–H and O–H groups in total. The summed E-state index contributed by atoms with van der Waals surface area (Å²) in [6, 6.07) is 2.28. The number of hydrogen-bond donors (Lipinski definition) is 3. The van der Waals surface area contributed by atoms with Crippen molar-refractivity contribution in [2.75, 3.05) is 0 Å². The molecule has 1 aromatic rings. The van der Waals surface area contributed by atoms with Crippen LogP contribution < -0.4 is 5.32 Å². The quantitative estimate of drug-likeness (QED) is 0.769. The number of carbonyl (C=O) groups is 1. The monoisotopic (exact) mass is 250 g/mol. The van der Waals surface area contributed by atoms with E-state index in [1.165, 1.54) is 12.8 Å². The van der Waals surface area contributed by atoms with E-state index in [-0.39, 0.29) is 0 Å². The van der Waals surface area contributed by atoms with Crippen LogP contribution in [0.1, 0.15) is 48.4 Å². The van der Waals surface area contributed by atoms with Crippen molar-refractivity contribution in [2.45, 2.75) is 46.2 Å². The van der Waals surface area contributed by atoms with Crippen LogP contribution in [0.3, 0.4) is 0 Å². The first kappa shape index (κ1) is 13.1. The minimum absolute atomic E-state index is 0.375. The molecule has 3 atom stereocenters. The van der Waals surface area contributed by atoms with E-state index in [0.717, 1.165) is 23.9 Å². The van der Waals surface area contributed by atoms with Gasteiger partial charge in [0.05, 0.1) is 5.56 Å². The molecule has 0 bridgehead atoms. The van der Waals surface area contributed by atoms with Crippen molar-refractivity contribution in [3.05, 3.63) is 23.0 Å². The molecular formula is C14H22N2O2. The summed E-state index contributed by atoms with van der Waals surface area (Å²) in [5, 5.41) is 12.5. The lowest BCUT2D eigenvalue weighted by atomic mass is 9.98. The van der Waals surface area contributed by atoms with Gasteiger partial charge in [-0.3, -0.25) is 0 Å². The third-order valence-electron chi connectivity index (χ3n) is 4.32. The van der Waals surface area contributed by atoms with E-state index in [0.29, 0.717) is 17.5 Å². The van der Waals surface area contributed by atoms with Gasteiger partial charge in [-0.25, -0.2) is 4.79 Å². The van der Waals surface area contributed by atoms with Crippen molar-refractivity contribution in [3.63, 3.8) is 0 Å². The number of hydrogen-bond acceptors (Lipinski definition) is 2. The maximum atomic E-state index is 11.0. The summed E-state index contributed by atoms with van der Waals surface area (Å²) in [5.74, 6) is 0.611. The van der Waals surface area contributed by atoms with Gasteiger partial charge in [-0.2, -0.15) is 0 Å². The number of aryl methyl sites for hydroxylation is 1. The van der Waals surface area contributed by atoms with Crippen LogP contribution in [0.4, 0.5) is 0 Å². The Labute approximate surface area is 108 Å². The number of aromatic amines is 1. The molecule has 4 heteroatoms. The fourth-order valence-electron chi connectivity index (χ4n) is 2.84. The average Bonchev–Trinajstić information content (AvgIpc) is 2.82. The summed E-state index contributed by atoms with van der Waals surface area (Å²) in [6.07, 6.45) is 2.50. The van der Waals surface area contributed by atoms with Gasteiger partial charge in [0.15, 0.2) is 0 Å². The van der Waals surface area contributed by atoms with Gasteiger partial charge in [-0.1, -0.05) is 13.8 Å². The number of nitrogens with one attached hydrogen (secondary N) is 2. The lowest BCUT2D eigenvalue weighted by Crippen LogP contribution is -2.31. The van der Waals surface area contributed by atoms with E-state index in [2.05, 4.69) is 24.1 Å². The third kappa shape index (κ3) is 2.58. The van der Waals surface area contributed by atoms with Gasteiger partial charge in [-0.05, 0) is 37.7 Å². The van der Waals surface area contributed by atoms with Crippen molar-refractivity contribution < 1.29 is 9.90 Å². The van der Waals surface area contributed by atoms with Crippen molar-refractivity contribution in [3.8, 4) is 0 Å². The summed E-state index contributed by atoms with van der Waals surface area (Å²) in [7, 11) is 0. The second kappa shape index (κ2) is 5.14. The van der Waals surface area contributed by atoms with E-state index in [4.69, 9.17) is 5.11 Å². The second-order valence-corrected chi connectivity index (χ2v) is 5.54. The van der Waals surface area contributed by atoms with Crippen molar-refractivity contribution in [1.82, 2.24) is 10.3 Å². The van der Waals surface area contributed by atoms with Gasteiger partial charge in [0.1, 0.15) is 0 Å². The molecule has 0 aliphatic heterocycles. The highest BCUT2D eigenvalue weighted by molar-refractivity contribution is 5.89. The van der Waals surface area contributed by atoms with Gasteiger partial charge in [0.2, 0.25) is 0 Å². The van der Waals surface area contributed by atoms with E-state index < -0.39 is 5.97 Å². The van der Waals surface area contributed by atoms with Crippen molar-refractivity contribution in [1.29, 1.82) is 0 Å². The molecule has 1 aliphatic carbocycles. The zero-order chi connectivity index (χ0) is 13.3. The van der Waals surface area contributed by atoms with Gasteiger partial charge in [-0.15, -0.1) is 0 Å². The fraction of sp³-hybridized carbons (Fsp3) is 0.643. The molecule has 0 aromatic carbocycles. The molecule has 3 unspecified atom stereocenters. The van der Waals surface area contributed by atoms with E-state index in [1.54, 1.807) is 13.0 Å². The molecule has 1 fully saturated rings. The van der Waals surface area contributed by atoms with Gasteiger partial charge in [0, 0.05) is 24.0 Å². The SMILES string of the molecule is Cc1[nH]c(CNC2CCC(C)C2C)cc1C(=O)O. The normalized spacial score (nSPS) is 27.6. The van der Waals surface area contributed by atoms with Crippen molar-refractivity contribution in [2.24, 2.45) is 11.8 Å². The highest BCUT2D eigenvalue weighted by Crippen LogP contribution is 2.31. The lowest BCUT2D eigenvalue weighted by Gasteiger charge is -2.19. The second-order valence-electron chi connectivity index (χ2n) is 5.54. The summed E-state index contributed by atoms with van der Waals surface area (Å²) >= 11 is 0. The van der Waals surface area contributed by atoms with Crippen LogP contribution in [0, 0.1) is 18.8 Å². The molecule has 18 heavy (non-hydrogen) atoms. The Morgan fingerprint density at radius 3 is 2.72 bits per heavy atom. The molecule has 0 radical (unpaired) electrons. The summed E-state index contributed by atoms with van der Waals surface area (Å²) < 4.78 is 0. The predicted octanol–water partition coefficient (Wildman–Crippen LogP) is 2.55. The van der Waals surface area contributed by atoms with E-state index in [9.17, 15) is 4.79 Å². The number of aromatic nitrogens is 1. The molecule has 0 amide bonds. The standard InChI is InChI=1S/C14H22N2O2/c1-8-4-5-13(9(8)2)15-7-11-6-12(14(17)18)10(3)16-11/h6,8-9,13,15-16H,4-5,7H2,1-3H3,(H,17,18). The fourth-order valence-corrected chi connectivity index (χ4v) is 2.84. The predicted molar refractivity (Wildman–Crippen MR) is 70.7 cm³/mol. The molecule has 0 saturated heterocycles. The minimum atomic E-state index is -0.863. The number of H-pyrrole nitrogens is 1. The third-order valence-corrected chi connectivity index (χ3v) is 4.32. The van der Waals surface area contributed by atoms with Crippen LogP contribution in [-0.4, -0.2) is 22.1 Å². The molecular weight excluding hydrogens is 228 g/mol. The Morgan fingerprint density at radius 2 is 2.22 bits per heavy atom. The van der Waals surface area contributed by atoms with E-state index in [1.807, 2.05) is 0 Å². The molecule has 1 aromatic heterocycles.